The average Bonchev–Trinajstić information content (AvgIpc) is 2.79. The second-order valence-electron chi connectivity index (χ2n) is 10.8. The van der Waals surface area contributed by atoms with Crippen molar-refractivity contribution in [2.75, 3.05) is 6.61 Å². The summed E-state index contributed by atoms with van der Waals surface area (Å²) in [7, 11) is 0. The van der Waals surface area contributed by atoms with Crippen LogP contribution in [-0.2, 0) is 17.6 Å². The van der Waals surface area contributed by atoms with E-state index in [9.17, 15) is 0 Å². The summed E-state index contributed by atoms with van der Waals surface area (Å²) in [6.07, 6.45) is 21.2. The Morgan fingerprint density at radius 2 is 1.70 bits per heavy atom. The highest BCUT2D eigenvalue weighted by molar-refractivity contribution is 5.36. The molecule has 3 aliphatic rings. The Morgan fingerprint density at radius 1 is 0.833 bits per heavy atom. The molecule has 0 aromatic heterocycles. The van der Waals surface area contributed by atoms with Crippen LogP contribution in [0.1, 0.15) is 120 Å². The Morgan fingerprint density at radius 3 is 2.57 bits per heavy atom. The Balaban J connectivity index is 1.29. The summed E-state index contributed by atoms with van der Waals surface area (Å²) in [4.78, 5) is 0. The average molecular weight is 411 g/mol. The normalized spacial score (nSPS) is 31.2. The fourth-order valence-corrected chi connectivity index (χ4v) is 6.80. The molecule has 2 saturated carbocycles. The van der Waals surface area contributed by atoms with E-state index in [-0.39, 0.29) is 0 Å². The van der Waals surface area contributed by atoms with Gasteiger partial charge >= 0.3 is 0 Å². The first-order valence-corrected chi connectivity index (χ1v) is 13.5. The highest BCUT2D eigenvalue weighted by Gasteiger charge is 2.36. The second-order valence-corrected chi connectivity index (χ2v) is 10.8. The maximum absolute atomic E-state index is 6.10. The van der Waals surface area contributed by atoms with Crippen LogP contribution in [0.3, 0.4) is 0 Å². The van der Waals surface area contributed by atoms with Crippen molar-refractivity contribution in [1.29, 1.82) is 0 Å². The lowest BCUT2D eigenvalue weighted by Gasteiger charge is -2.42. The maximum atomic E-state index is 6.10. The first-order chi connectivity index (χ1) is 14.8. The van der Waals surface area contributed by atoms with Gasteiger partial charge in [0.25, 0.3) is 0 Å². The zero-order valence-electron chi connectivity index (χ0n) is 19.8. The molecule has 5 unspecified atom stereocenters. The summed E-state index contributed by atoms with van der Waals surface area (Å²) in [5.41, 5.74) is 5.03. The monoisotopic (exact) mass is 410 g/mol. The summed E-state index contributed by atoms with van der Waals surface area (Å²) in [6, 6.07) is 7.66. The van der Waals surface area contributed by atoms with Crippen molar-refractivity contribution in [2.24, 2.45) is 17.8 Å². The van der Waals surface area contributed by atoms with Crippen LogP contribution in [-0.4, -0.2) is 12.7 Å². The fraction of sp³-hybridized carbons (Fsp3) is 0.793. The fourth-order valence-electron chi connectivity index (χ4n) is 6.80. The topological polar surface area (TPSA) is 9.23 Å². The van der Waals surface area contributed by atoms with Crippen LogP contribution in [0.25, 0.3) is 0 Å². The van der Waals surface area contributed by atoms with Gasteiger partial charge in [-0.05, 0) is 105 Å². The van der Waals surface area contributed by atoms with Gasteiger partial charge in [-0.1, -0.05) is 64.2 Å². The molecule has 5 atom stereocenters. The molecule has 168 valence electrons. The smallest absolute Gasteiger partial charge is 0.0578 e. The van der Waals surface area contributed by atoms with Gasteiger partial charge in [-0.15, -0.1) is 0 Å². The molecule has 30 heavy (non-hydrogen) atoms. The number of ether oxygens (including phenoxy) is 1. The third-order valence-electron chi connectivity index (χ3n) is 8.62. The molecule has 1 nitrogen and oxygen atoms in total. The lowest BCUT2D eigenvalue weighted by atomic mass is 9.65. The van der Waals surface area contributed by atoms with Gasteiger partial charge in [0.1, 0.15) is 0 Å². The molecule has 1 heteroatoms. The lowest BCUT2D eigenvalue weighted by molar-refractivity contribution is -0.0147. The molecule has 3 aliphatic carbocycles. The standard InChI is InChI=1S/C29H46O/c1-3-5-6-7-8-22-9-10-24-19-25(12-11-23(24)18-22)26-13-14-28-21-29(30-17-4-2)16-15-27(28)20-26/h11-12,19,22,26-29H,3-10,13-18,20-21H2,1-2H3. The van der Waals surface area contributed by atoms with E-state index in [0.29, 0.717) is 6.10 Å². The number of hydrogen-bond donors (Lipinski definition) is 0. The molecule has 0 heterocycles. The van der Waals surface area contributed by atoms with Gasteiger partial charge in [0.05, 0.1) is 6.10 Å². The van der Waals surface area contributed by atoms with E-state index < -0.39 is 0 Å². The van der Waals surface area contributed by atoms with Crippen LogP contribution in [0.4, 0.5) is 0 Å². The van der Waals surface area contributed by atoms with Gasteiger partial charge in [0.2, 0.25) is 0 Å². The minimum atomic E-state index is 0.557. The van der Waals surface area contributed by atoms with Crippen LogP contribution in [0.15, 0.2) is 18.2 Å². The summed E-state index contributed by atoms with van der Waals surface area (Å²) in [6.45, 7) is 5.50. The van der Waals surface area contributed by atoms with E-state index in [2.05, 4.69) is 32.0 Å². The molecule has 0 saturated heterocycles. The second kappa shape index (κ2) is 11.2. The summed E-state index contributed by atoms with van der Waals surface area (Å²) in [5.74, 6) is 3.65. The van der Waals surface area contributed by atoms with Crippen LogP contribution in [0.5, 0.6) is 0 Å². The number of benzene rings is 1. The largest absolute Gasteiger partial charge is 0.378 e. The molecule has 4 rings (SSSR count). The van der Waals surface area contributed by atoms with E-state index in [4.69, 9.17) is 4.74 Å². The first kappa shape index (κ1) is 22.4. The van der Waals surface area contributed by atoms with Crippen LogP contribution in [0, 0.1) is 17.8 Å². The van der Waals surface area contributed by atoms with Crippen molar-refractivity contribution in [2.45, 2.75) is 122 Å². The zero-order valence-corrected chi connectivity index (χ0v) is 19.8. The zero-order chi connectivity index (χ0) is 20.8. The van der Waals surface area contributed by atoms with Gasteiger partial charge in [-0.25, -0.2) is 0 Å². The Hall–Kier alpha value is -0.820. The van der Waals surface area contributed by atoms with E-state index in [1.54, 1.807) is 16.7 Å². The van der Waals surface area contributed by atoms with Gasteiger partial charge < -0.3 is 4.74 Å². The molecule has 1 aromatic rings. The van der Waals surface area contributed by atoms with Crippen molar-refractivity contribution in [3.63, 3.8) is 0 Å². The molecule has 0 amide bonds. The van der Waals surface area contributed by atoms with Gasteiger partial charge in [-0.2, -0.15) is 0 Å². The predicted molar refractivity (Wildman–Crippen MR) is 128 cm³/mol. The van der Waals surface area contributed by atoms with Crippen LogP contribution >= 0.6 is 0 Å². The molecule has 0 bridgehead atoms. The maximum Gasteiger partial charge on any atom is 0.0578 e. The Kier molecular flexibility index (Phi) is 8.33. The number of rotatable bonds is 9. The highest BCUT2D eigenvalue weighted by Crippen LogP contribution is 2.47. The van der Waals surface area contributed by atoms with E-state index >= 15 is 0 Å². The van der Waals surface area contributed by atoms with Crippen LogP contribution in [0.2, 0.25) is 0 Å². The SMILES string of the molecule is CCCCCCC1CCc2cc(C3CCC4CC(OCCC)CCC4C3)ccc2C1. The van der Waals surface area contributed by atoms with Crippen LogP contribution < -0.4 is 0 Å². The third kappa shape index (κ3) is 5.70. The molecule has 1 aromatic carbocycles. The number of fused-ring (bicyclic) bond motifs is 2. The summed E-state index contributed by atoms with van der Waals surface area (Å²) < 4.78 is 6.10. The summed E-state index contributed by atoms with van der Waals surface area (Å²) in [5, 5.41) is 0. The number of aryl methyl sites for hydroxylation is 1. The Labute approximate surface area is 186 Å². The van der Waals surface area contributed by atoms with Crippen molar-refractivity contribution in [3.8, 4) is 0 Å². The van der Waals surface area contributed by atoms with Gasteiger partial charge in [0.15, 0.2) is 0 Å². The van der Waals surface area contributed by atoms with Gasteiger partial charge in [-0.3, -0.25) is 0 Å². The first-order valence-electron chi connectivity index (χ1n) is 13.5. The minimum absolute atomic E-state index is 0.557. The van der Waals surface area contributed by atoms with E-state index in [1.807, 2.05) is 0 Å². The lowest BCUT2D eigenvalue weighted by Crippen LogP contribution is -2.34. The van der Waals surface area contributed by atoms with E-state index in [0.717, 1.165) is 36.7 Å². The summed E-state index contributed by atoms with van der Waals surface area (Å²) >= 11 is 0. The quantitative estimate of drug-likeness (QED) is 0.372. The van der Waals surface area contributed by atoms with Gasteiger partial charge in [0, 0.05) is 6.61 Å². The third-order valence-corrected chi connectivity index (χ3v) is 8.62. The molecule has 0 radical (unpaired) electrons. The highest BCUT2D eigenvalue weighted by atomic mass is 16.5. The minimum Gasteiger partial charge on any atom is -0.378 e. The molecule has 0 aliphatic heterocycles. The van der Waals surface area contributed by atoms with E-state index in [1.165, 1.54) is 89.9 Å². The molecular weight excluding hydrogens is 364 g/mol. The molecule has 0 spiro atoms. The number of unbranched alkanes of at least 4 members (excludes halogenated alkanes) is 3. The predicted octanol–water partition coefficient (Wildman–Crippen LogP) is 8.24. The molecular formula is C29H46O. The van der Waals surface area contributed by atoms with Crippen molar-refractivity contribution in [1.82, 2.24) is 0 Å². The van der Waals surface area contributed by atoms with Crippen molar-refractivity contribution >= 4 is 0 Å². The Bertz CT molecular complexity index is 650. The van der Waals surface area contributed by atoms with Crippen molar-refractivity contribution in [3.05, 3.63) is 34.9 Å². The molecule has 2 fully saturated rings. The van der Waals surface area contributed by atoms with Crippen molar-refractivity contribution < 1.29 is 4.74 Å². The molecule has 0 N–H and O–H groups in total. The number of hydrogen-bond acceptors (Lipinski definition) is 1.